The predicted molar refractivity (Wildman–Crippen MR) is 110 cm³/mol. The summed E-state index contributed by atoms with van der Waals surface area (Å²) in [6, 6.07) is 0. The average Bonchev–Trinajstić information content (AvgIpc) is 3.02. The summed E-state index contributed by atoms with van der Waals surface area (Å²) in [5.41, 5.74) is 1.03. The van der Waals surface area contributed by atoms with Gasteiger partial charge in [-0.15, -0.1) is 0 Å². The van der Waals surface area contributed by atoms with E-state index in [9.17, 15) is 4.79 Å². The molecule has 0 radical (unpaired) electrons. The molecule has 4 aliphatic carbocycles. The standard InChI is InChI=1S/C25H40O2/c1-17(8-13-23(26)27-4)20-11-12-21-19-10-9-18-7-5-6-15-24(18,2)22(19)14-16-25(20,21)3/h9-10,17-22H,5-8,11-16H2,1-4H3/t17-,18+,19+,20-,21+,22+,24-,25-/m0/s1. The minimum absolute atomic E-state index is 0.0447. The van der Waals surface area contributed by atoms with Crippen LogP contribution in [0.5, 0.6) is 0 Å². The normalized spacial score (nSPS) is 46.9. The quantitative estimate of drug-likeness (QED) is 0.421. The summed E-state index contributed by atoms with van der Waals surface area (Å²) in [5, 5.41) is 0. The van der Waals surface area contributed by atoms with E-state index in [0.29, 0.717) is 23.2 Å². The Labute approximate surface area is 166 Å². The second-order valence-electron chi connectivity index (χ2n) is 10.9. The highest BCUT2D eigenvalue weighted by Gasteiger charge is 2.58. The van der Waals surface area contributed by atoms with Gasteiger partial charge >= 0.3 is 5.97 Å². The molecule has 0 saturated heterocycles. The molecular weight excluding hydrogens is 332 g/mol. The van der Waals surface area contributed by atoms with Crippen molar-refractivity contribution in [3.05, 3.63) is 12.2 Å². The Morgan fingerprint density at radius 3 is 2.59 bits per heavy atom. The van der Waals surface area contributed by atoms with E-state index in [2.05, 4.69) is 32.9 Å². The topological polar surface area (TPSA) is 26.3 Å². The molecule has 0 bridgehead atoms. The van der Waals surface area contributed by atoms with Gasteiger partial charge in [0.15, 0.2) is 0 Å². The van der Waals surface area contributed by atoms with E-state index < -0.39 is 0 Å². The molecule has 3 fully saturated rings. The van der Waals surface area contributed by atoms with E-state index in [4.69, 9.17) is 4.74 Å². The monoisotopic (exact) mass is 372 g/mol. The molecule has 0 spiro atoms. The van der Waals surface area contributed by atoms with Crippen molar-refractivity contribution in [3.63, 3.8) is 0 Å². The molecule has 0 N–H and O–H groups in total. The second kappa shape index (κ2) is 7.23. The van der Waals surface area contributed by atoms with Gasteiger partial charge in [-0.2, -0.15) is 0 Å². The van der Waals surface area contributed by atoms with Crippen molar-refractivity contribution >= 4 is 5.97 Å². The van der Waals surface area contributed by atoms with Gasteiger partial charge in [-0.3, -0.25) is 4.79 Å². The van der Waals surface area contributed by atoms with Crippen LogP contribution < -0.4 is 0 Å². The number of hydrogen-bond donors (Lipinski definition) is 0. The number of fused-ring (bicyclic) bond motifs is 5. The lowest BCUT2D eigenvalue weighted by molar-refractivity contribution is -0.141. The number of rotatable bonds is 4. The molecular formula is C25H40O2. The molecule has 152 valence electrons. The van der Waals surface area contributed by atoms with Crippen molar-refractivity contribution in [1.29, 1.82) is 0 Å². The van der Waals surface area contributed by atoms with E-state index in [1.807, 2.05) is 0 Å². The maximum Gasteiger partial charge on any atom is 0.305 e. The molecule has 0 amide bonds. The van der Waals surface area contributed by atoms with E-state index >= 15 is 0 Å². The zero-order valence-corrected chi connectivity index (χ0v) is 18.0. The predicted octanol–water partition coefficient (Wildman–Crippen LogP) is 6.40. The van der Waals surface area contributed by atoms with Crippen molar-refractivity contribution in [1.82, 2.24) is 0 Å². The molecule has 0 aromatic rings. The van der Waals surface area contributed by atoms with Crippen LogP contribution in [0.2, 0.25) is 0 Å². The van der Waals surface area contributed by atoms with E-state index in [1.165, 1.54) is 58.5 Å². The summed E-state index contributed by atoms with van der Waals surface area (Å²) in [6.45, 7) is 7.62. The first kappa shape index (κ1) is 19.5. The number of ether oxygens (including phenoxy) is 1. The Hall–Kier alpha value is -0.790. The molecule has 4 rings (SSSR count). The van der Waals surface area contributed by atoms with Crippen LogP contribution in [0.1, 0.15) is 85.0 Å². The van der Waals surface area contributed by atoms with Gasteiger partial charge in [0.1, 0.15) is 0 Å². The molecule has 0 unspecified atom stereocenters. The Morgan fingerprint density at radius 1 is 1.04 bits per heavy atom. The fourth-order valence-corrected chi connectivity index (χ4v) is 8.28. The van der Waals surface area contributed by atoms with Gasteiger partial charge in [-0.1, -0.05) is 45.8 Å². The molecule has 27 heavy (non-hydrogen) atoms. The first-order valence-electron chi connectivity index (χ1n) is 11.7. The minimum Gasteiger partial charge on any atom is -0.469 e. The molecule has 0 heterocycles. The van der Waals surface area contributed by atoms with Gasteiger partial charge < -0.3 is 4.74 Å². The maximum atomic E-state index is 11.6. The summed E-state index contributed by atoms with van der Waals surface area (Å²) >= 11 is 0. The highest BCUT2D eigenvalue weighted by atomic mass is 16.5. The largest absolute Gasteiger partial charge is 0.469 e. The molecule has 0 aliphatic heterocycles. The van der Waals surface area contributed by atoms with Gasteiger partial charge in [-0.25, -0.2) is 0 Å². The van der Waals surface area contributed by atoms with Gasteiger partial charge in [-0.05, 0) is 91.3 Å². The van der Waals surface area contributed by atoms with Crippen molar-refractivity contribution in [2.75, 3.05) is 7.11 Å². The van der Waals surface area contributed by atoms with Gasteiger partial charge in [0.25, 0.3) is 0 Å². The van der Waals surface area contributed by atoms with E-state index in [-0.39, 0.29) is 5.97 Å². The maximum absolute atomic E-state index is 11.6. The number of carbonyl (C=O) groups is 1. The molecule has 0 aromatic heterocycles. The summed E-state index contributed by atoms with van der Waals surface area (Å²) in [7, 11) is 1.51. The van der Waals surface area contributed by atoms with Crippen molar-refractivity contribution < 1.29 is 9.53 Å². The van der Waals surface area contributed by atoms with Crippen LogP contribution in [0.3, 0.4) is 0 Å². The Kier molecular flexibility index (Phi) is 5.23. The highest BCUT2D eigenvalue weighted by Crippen LogP contribution is 2.66. The molecule has 8 atom stereocenters. The third-order valence-electron chi connectivity index (χ3n) is 9.86. The van der Waals surface area contributed by atoms with Gasteiger partial charge in [0.05, 0.1) is 7.11 Å². The van der Waals surface area contributed by atoms with E-state index in [1.54, 1.807) is 0 Å². The zero-order valence-electron chi connectivity index (χ0n) is 18.0. The number of methoxy groups -OCH3 is 1. The Bertz CT molecular complexity index is 595. The van der Waals surface area contributed by atoms with Crippen LogP contribution >= 0.6 is 0 Å². The lowest BCUT2D eigenvalue weighted by atomic mass is 9.46. The van der Waals surface area contributed by atoms with Crippen LogP contribution in [0, 0.1) is 46.3 Å². The number of hydrogen-bond acceptors (Lipinski definition) is 2. The van der Waals surface area contributed by atoms with E-state index in [0.717, 1.165) is 36.0 Å². The second-order valence-corrected chi connectivity index (χ2v) is 10.9. The third-order valence-corrected chi connectivity index (χ3v) is 9.86. The first-order valence-corrected chi connectivity index (χ1v) is 11.7. The fourth-order valence-electron chi connectivity index (χ4n) is 8.28. The summed E-state index contributed by atoms with van der Waals surface area (Å²) in [6.07, 6.45) is 18.2. The molecule has 3 saturated carbocycles. The lowest BCUT2D eigenvalue weighted by Gasteiger charge is -2.58. The molecule has 0 aromatic carbocycles. The average molecular weight is 373 g/mol. The fraction of sp³-hybridized carbons (Fsp3) is 0.880. The number of carbonyl (C=O) groups excluding carboxylic acids is 1. The lowest BCUT2D eigenvalue weighted by Crippen LogP contribution is -2.51. The smallest absolute Gasteiger partial charge is 0.305 e. The minimum atomic E-state index is -0.0447. The van der Waals surface area contributed by atoms with Crippen LogP contribution in [-0.4, -0.2) is 13.1 Å². The number of allylic oxidation sites excluding steroid dienone is 2. The van der Waals surface area contributed by atoms with Crippen molar-refractivity contribution in [2.24, 2.45) is 46.3 Å². The zero-order chi connectivity index (χ0) is 19.2. The van der Waals surface area contributed by atoms with Gasteiger partial charge in [0.2, 0.25) is 0 Å². The summed E-state index contributed by atoms with van der Waals surface area (Å²) < 4.78 is 4.88. The van der Waals surface area contributed by atoms with Crippen LogP contribution in [0.15, 0.2) is 12.2 Å². The highest BCUT2D eigenvalue weighted by molar-refractivity contribution is 5.69. The molecule has 4 aliphatic rings. The van der Waals surface area contributed by atoms with Crippen LogP contribution in [-0.2, 0) is 9.53 Å². The number of esters is 1. The Balaban J connectivity index is 1.52. The first-order chi connectivity index (χ1) is 12.9. The summed E-state index contributed by atoms with van der Waals surface area (Å²) in [5.74, 6) is 4.78. The molecule has 2 heteroatoms. The van der Waals surface area contributed by atoms with Crippen LogP contribution in [0.25, 0.3) is 0 Å². The Morgan fingerprint density at radius 2 is 1.81 bits per heavy atom. The molecule has 2 nitrogen and oxygen atoms in total. The van der Waals surface area contributed by atoms with Crippen LogP contribution in [0.4, 0.5) is 0 Å². The van der Waals surface area contributed by atoms with Gasteiger partial charge in [0, 0.05) is 6.42 Å². The third kappa shape index (κ3) is 3.10. The van der Waals surface area contributed by atoms with Crippen molar-refractivity contribution in [3.8, 4) is 0 Å². The summed E-state index contributed by atoms with van der Waals surface area (Å²) in [4.78, 5) is 11.6. The van der Waals surface area contributed by atoms with Crippen molar-refractivity contribution in [2.45, 2.75) is 85.0 Å². The SMILES string of the molecule is COC(=O)CC[C@H](C)[C@@H]1CC[C@@H]2[C@H]3C=C[C@H]4CCCC[C@]4(C)[C@@H]3CC[C@]21C.